The molecule has 10 heavy (non-hydrogen) atoms. The van der Waals surface area contributed by atoms with Crippen LogP contribution in [0.2, 0.25) is 0 Å². The van der Waals surface area contributed by atoms with E-state index in [0.29, 0.717) is 17.8 Å². The van der Waals surface area contributed by atoms with Crippen LogP contribution in [0.4, 0.5) is 0 Å². The molecule has 0 saturated heterocycles. The van der Waals surface area contributed by atoms with Gasteiger partial charge in [0.15, 0.2) is 5.92 Å². The molecule has 0 rings (SSSR count). The van der Waals surface area contributed by atoms with Gasteiger partial charge in [0.1, 0.15) is 12.3 Å². The van der Waals surface area contributed by atoms with Crippen LogP contribution in [0.3, 0.4) is 0 Å². The van der Waals surface area contributed by atoms with E-state index in [1.807, 2.05) is 0 Å². The zero-order chi connectivity index (χ0) is 8.15. The molecule has 0 heterocycles. The quantitative estimate of drug-likeness (QED) is 0.524. The zero-order valence-electron chi connectivity index (χ0n) is 6.97. The first-order valence-corrected chi connectivity index (χ1v) is 3.88. The van der Waals surface area contributed by atoms with Gasteiger partial charge in [-0.2, -0.15) is 0 Å². The van der Waals surface area contributed by atoms with Crippen LogP contribution >= 0.6 is 0 Å². The van der Waals surface area contributed by atoms with E-state index in [4.69, 9.17) is 0 Å². The van der Waals surface area contributed by atoms with Crippen molar-refractivity contribution in [3.8, 4) is 0 Å². The molecule has 0 aromatic carbocycles. The van der Waals surface area contributed by atoms with Crippen molar-refractivity contribution in [2.75, 3.05) is 0 Å². The average Bonchev–Trinajstić information content (AvgIpc) is 2.00. The summed E-state index contributed by atoms with van der Waals surface area (Å²) in [6.45, 7) is 17.8. The summed E-state index contributed by atoms with van der Waals surface area (Å²) < 4.78 is 0. The van der Waals surface area contributed by atoms with Crippen molar-refractivity contribution in [2.24, 2.45) is 17.8 Å². The molecule has 3 unspecified atom stereocenters. The first-order chi connectivity index (χ1) is 4.63. The molecule has 54 valence electrons. The third-order valence-electron chi connectivity index (χ3n) is 2.16. The van der Waals surface area contributed by atoms with Crippen LogP contribution in [0, 0.1) is 45.4 Å². The Hall–Kier alpha value is -0.520. The molecule has 0 N–H and O–H groups in total. The molecule has 0 fully saturated rings. The number of hydrogen-bond acceptors (Lipinski definition) is 0. The van der Waals surface area contributed by atoms with Crippen molar-refractivity contribution in [1.29, 1.82) is 0 Å². The normalized spacial score (nSPS) is 19.7. The lowest BCUT2D eigenvalue weighted by Crippen LogP contribution is -2.15. The summed E-state index contributed by atoms with van der Waals surface area (Å²) in [7, 11) is 0. The van der Waals surface area contributed by atoms with Crippen LogP contribution < -0.4 is 0 Å². The molecule has 0 aromatic rings. The van der Waals surface area contributed by atoms with Gasteiger partial charge in [0.05, 0.1) is 34.1 Å². The third kappa shape index (κ3) is 2.38. The molecule has 0 aliphatic rings. The lowest BCUT2D eigenvalue weighted by molar-refractivity contribution is 0.338. The zero-order valence-corrected chi connectivity index (χ0v) is 6.97. The Morgan fingerprint density at radius 3 is 1.90 bits per heavy atom. The van der Waals surface area contributed by atoms with Crippen molar-refractivity contribution >= 4 is 0 Å². The first kappa shape index (κ1) is 9.48. The monoisotopic (exact) mass is 138 g/mol. The van der Waals surface area contributed by atoms with Crippen LogP contribution in [0.25, 0.3) is 0 Å². The Morgan fingerprint density at radius 2 is 1.60 bits per heavy atom. The van der Waals surface area contributed by atoms with Crippen molar-refractivity contribution in [2.45, 2.75) is 19.8 Å². The lowest BCUT2D eigenvalue weighted by atomic mass is 9.82. The van der Waals surface area contributed by atoms with Crippen LogP contribution in [0.5, 0.6) is 0 Å². The molecule has 0 nitrogen and oxygen atoms in total. The molecule has 0 aromatic heterocycles. The van der Waals surface area contributed by atoms with Gasteiger partial charge in [0.2, 0.25) is 0 Å². The van der Waals surface area contributed by atoms with Crippen LogP contribution in [-0.4, -0.2) is 0 Å². The molecule has 0 spiro atoms. The molecular formula is C10H18+4. The van der Waals surface area contributed by atoms with Crippen LogP contribution in [-0.2, 0) is 0 Å². The molecule has 0 saturated carbocycles. The fourth-order valence-corrected chi connectivity index (χ4v) is 0.893. The van der Waals surface area contributed by atoms with Crippen molar-refractivity contribution < 1.29 is 0 Å². The SMILES string of the molecule is [CH2+]CC([CH2+])C([CH2+])C(C)C[CH2+]. The second kappa shape index (κ2) is 4.32. The fourth-order valence-electron chi connectivity index (χ4n) is 0.893. The Morgan fingerprint density at radius 1 is 1.10 bits per heavy atom. The van der Waals surface area contributed by atoms with Crippen molar-refractivity contribution in [3.63, 3.8) is 0 Å². The van der Waals surface area contributed by atoms with E-state index >= 15 is 0 Å². The van der Waals surface area contributed by atoms with Gasteiger partial charge in [0, 0.05) is 5.92 Å². The highest BCUT2D eigenvalue weighted by molar-refractivity contribution is 4.79. The summed E-state index contributed by atoms with van der Waals surface area (Å²) in [5, 5.41) is 0. The molecule has 0 amide bonds. The summed E-state index contributed by atoms with van der Waals surface area (Å²) in [6.07, 6.45) is 1.82. The molecule has 0 radical (unpaired) electrons. The largest absolute Gasteiger partial charge is 0.178 e. The Bertz CT molecular complexity index is 66.1. The van der Waals surface area contributed by atoms with Gasteiger partial charge in [-0.25, -0.2) is 0 Å². The number of rotatable bonds is 4. The Labute approximate surface area is 66.0 Å². The van der Waals surface area contributed by atoms with E-state index in [1.54, 1.807) is 0 Å². The maximum Gasteiger partial charge on any atom is 0.178 e. The highest BCUT2D eigenvalue weighted by Crippen LogP contribution is 2.23. The molecular weight excluding hydrogens is 120 g/mol. The van der Waals surface area contributed by atoms with Gasteiger partial charge in [0.25, 0.3) is 0 Å². The summed E-state index contributed by atoms with van der Waals surface area (Å²) in [6, 6.07) is 0. The smallest absolute Gasteiger partial charge is 0.0538 e. The maximum absolute atomic E-state index is 4.04. The highest BCUT2D eigenvalue weighted by Gasteiger charge is 2.31. The van der Waals surface area contributed by atoms with Crippen molar-refractivity contribution in [3.05, 3.63) is 27.7 Å². The van der Waals surface area contributed by atoms with Gasteiger partial charge in [-0.15, -0.1) is 0 Å². The number of hydrogen-bond donors (Lipinski definition) is 0. The Balaban J connectivity index is 3.69. The van der Waals surface area contributed by atoms with E-state index < -0.39 is 0 Å². The second-order valence-electron chi connectivity index (χ2n) is 2.98. The molecule has 0 heteroatoms. The minimum atomic E-state index is 0.386. The van der Waals surface area contributed by atoms with Gasteiger partial charge >= 0.3 is 0 Å². The predicted molar refractivity (Wildman–Crippen MR) is 46.8 cm³/mol. The fraction of sp³-hybridized carbons (Fsp3) is 0.600. The minimum Gasteiger partial charge on any atom is -0.0538 e. The van der Waals surface area contributed by atoms with Gasteiger partial charge < -0.3 is 0 Å². The van der Waals surface area contributed by atoms with E-state index in [0.717, 1.165) is 12.8 Å². The standard InChI is InChI=1S/C10H18/c1-6-8(3)10(5)9(4)7-2/h8-10H,1-3,5-7H2,4H3/q+4. The summed E-state index contributed by atoms with van der Waals surface area (Å²) in [5.74, 6) is 1.37. The molecule has 3 atom stereocenters. The summed E-state index contributed by atoms with van der Waals surface area (Å²) in [4.78, 5) is 0. The van der Waals surface area contributed by atoms with E-state index in [-0.39, 0.29) is 0 Å². The van der Waals surface area contributed by atoms with E-state index in [1.165, 1.54) is 0 Å². The molecule has 0 bridgehead atoms. The highest BCUT2D eigenvalue weighted by atomic mass is 14.2. The summed E-state index contributed by atoms with van der Waals surface area (Å²) >= 11 is 0. The third-order valence-corrected chi connectivity index (χ3v) is 2.16. The lowest BCUT2D eigenvalue weighted by Gasteiger charge is -2.08. The van der Waals surface area contributed by atoms with Crippen LogP contribution in [0.1, 0.15) is 19.8 Å². The average molecular weight is 138 g/mol. The van der Waals surface area contributed by atoms with Crippen LogP contribution in [0.15, 0.2) is 0 Å². The molecule has 0 aliphatic carbocycles. The second-order valence-corrected chi connectivity index (χ2v) is 2.98. The van der Waals surface area contributed by atoms with Gasteiger partial charge in [-0.1, -0.05) is 6.92 Å². The summed E-state index contributed by atoms with van der Waals surface area (Å²) in [5.41, 5.74) is 0. The Kier molecular flexibility index (Phi) is 4.10. The maximum atomic E-state index is 4.04. The van der Waals surface area contributed by atoms with E-state index in [2.05, 4.69) is 34.6 Å². The van der Waals surface area contributed by atoms with E-state index in [9.17, 15) is 0 Å². The molecule has 0 aliphatic heterocycles. The predicted octanol–water partition coefficient (Wildman–Crippen LogP) is 2.97. The van der Waals surface area contributed by atoms with Gasteiger partial charge in [-0.05, 0) is 0 Å². The minimum absolute atomic E-state index is 0.386. The van der Waals surface area contributed by atoms with Gasteiger partial charge in [-0.3, -0.25) is 0 Å². The topological polar surface area (TPSA) is 0 Å². The first-order valence-electron chi connectivity index (χ1n) is 3.88. The van der Waals surface area contributed by atoms with Crippen molar-refractivity contribution in [1.82, 2.24) is 0 Å².